The van der Waals surface area contributed by atoms with Crippen molar-refractivity contribution in [2.45, 2.75) is 18.9 Å². The fourth-order valence-electron chi connectivity index (χ4n) is 3.02. The minimum absolute atomic E-state index is 0.468. The molecule has 0 heterocycles. The number of phosphoric acid groups is 1. The number of benzene rings is 3. The summed E-state index contributed by atoms with van der Waals surface area (Å²) in [5.41, 5.74) is 8.15. The highest BCUT2D eigenvalue weighted by atomic mass is 31.2. The van der Waals surface area contributed by atoms with Gasteiger partial charge in [-0.25, -0.2) is 4.57 Å². The number of rotatable bonds is 10. The molecule has 3 aromatic carbocycles. The molecule has 0 aliphatic rings. The summed E-state index contributed by atoms with van der Waals surface area (Å²) in [5.74, 6) is 0.00970. The Labute approximate surface area is 192 Å². The van der Waals surface area contributed by atoms with Gasteiger partial charge in [0.15, 0.2) is 0 Å². The Balaban J connectivity index is 1.50. The van der Waals surface area contributed by atoms with Crippen LogP contribution in [-0.2, 0) is 20.3 Å². The lowest BCUT2D eigenvalue weighted by atomic mass is 10.0. The van der Waals surface area contributed by atoms with Gasteiger partial charge in [-0.05, 0) is 47.9 Å². The van der Waals surface area contributed by atoms with Gasteiger partial charge in [-0.2, -0.15) is 0 Å². The van der Waals surface area contributed by atoms with Crippen LogP contribution in [0.25, 0.3) is 11.1 Å². The van der Waals surface area contributed by atoms with E-state index in [4.69, 9.17) is 20.3 Å². The second-order valence-electron chi connectivity index (χ2n) is 7.82. The second kappa shape index (κ2) is 10.7. The van der Waals surface area contributed by atoms with Crippen LogP contribution < -0.4 is 15.8 Å². The summed E-state index contributed by atoms with van der Waals surface area (Å²) in [6.07, 6.45) is 0.740. The minimum Gasteiger partial charge on any atom is -0.493 e. The third-order valence-corrected chi connectivity index (χ3v) is 5.32. The molecule has 0 radical (unpaired) electrons. The van der Waals surface area contributed by atoms with Gasteiger partial charge >= 0.3 is 7.82 Å². The number of anilines is 1. The van der Waals surface area contributed by atoms with E-state index in [2.05, 4.69) is 40.2 Å². The average Bonchev–Trinajstić information content (AvgIpc) is 2.79. The smallest absolute Gasteiger partial charge is 0.469 e. The maximum Gasteiger partial charge on any atom is 0.469 e. The van der Waals surface area contributed by atoms with Crippen molar-refractivity contribution in [1.82, 2.24) is 0 Å². The van der Waals surface area contributed by atoms with Crippen LogP contribution in [0.1, 0.15) is 12.5 Å². The maximum atomic E-state index is 12.3. The van der Waals surface area contributed by atoms with Crippen LogP contribution in [0.3, 0.4) is 0 Å². The first-order valence-corrected chi connectivity index (χ1v) is 11.8. The predicted octanol–water partition coefficient (Wildman–Crippen LogP) is 3.74. The molecule has 1 unspecified atom stereocenters. The Morgan fingerprint density at radius 2 is 1.67 bits per heavy atom. The zero-order valence-corrected chi connectivity index (χ0v) is 19.1. The van der Waals surface area contributed by atoms with E-state index < -0.39 is 25.9 Å². The molecule has 174 valence electrons. The van der Waals surface area contributed by atoms with E-state index in [-0.39, 0.29) is 0 Å². The van der Waals surface area contributed by atoms with Gasteiger partial charge in [0.05, 0.1) is 13.2 Å². The first kappa shape index (κ1) is 24.6. The summed E-state index contributed by atoms with van der Waals surface area (Å²) >= 11 is 0. The van der Waals surface area contributed by atoms with E-state index in [0.717, 1.165) is 12.0 Å². The molecule has 9 heteroatoms. The summed E-state index contributed by atoms with van der Waals surface area (Å²) < 4.78 is 21.0. The molecular formula is C24H27N2O6P. The highest BCUT2D eigenvalue weighted by Gasteiger charge is 2.32. The molecule has 0 bridgehead atoms. The number of carbonyl (C=O) groups is 1. The van der Waals surface area contributed by atoms with Crippen molar-refractivity contribution in [2.24, 2.45) is 5.73 Å². The van der Waals surface area contributed by atoms with Gasteiger partial charge < -0.3 is 25.6 Å². The Morgan fingerprint density at radius 3 is 2.33 bits per heavy atom. The van der Waals surface area contributed by atoms with E-state index in [1.807, 2.05) is 24.3 Å². The fraction of sp³-hybridized carbons (Fsp3) is 0.208. The van der Waals surface area contributed by atoms with Crippen LogP contribution in [0, 0.1) is 0 Å². The Hall–Kier alpha value is -3.00. The van der Waals surface area contributed by atoms with Crippen LogP contribution in [0.2, 0.25) is 0 Å². The summed E-state index contributed by atoms with van der Waals surface area (Å²) in [5, 5.41) is 2.60. The lowest BCUT2D eigenvalue weighted by Gasteiger charge is -2.23. The van der Waals surface area contributed by atoms with Crippen LogP contribution >= 0.6 is 7.82 Å². The van der Waals surface area contributed by atoms with Crippen LogP contribution in [0.5, 0.6) is 5.75 Å². The molecule has 5 N–H and O–H groups in total. The number of nitrogens with one attached hydrogen (secondary N) is 1. The summed E-state index contributed by atoms with van der Waals surface area (Å²) in [4.78, 5) is 29.9. The zero-order valence-electron chi connectivity index (χ0n) is 18.2. The molecule has 0 fully saturated rings. The third kappa shape index (κ3) is 7.82. The third-order valence-electron chi connectivity index (χ3n) is 4.86. The van der Waals surface area contributed by atoms with Gasteiger partial charge in [0, 0.05) is 12.1 Å². The monoisotopic (exact) mass is 470 g/mol. The molecule has 0 saturated heterocycles. The van der Waals surface area contributed by atoms with Crippen molar-refractivity contribution in [3.63, 3.8) is 0 Å². The molecular weight excluding hydrogens is 443 g/mol. The molecule has 0 aliphatic heterocycles. The molecule has 0 aliphatic carbocycles. The van der Waals surface area contributed by atoms with Gasteiger partial charge in [0.2, 0.25) is 5.91 Å². The summed E-state index contributed by atoms with van der Waals surface area (Å²) in [6.45, 7) is 1.18. The normalized spacial score (nSPS) is 13.2. The lowest BCUT2D eigenvalue weighted by Crippen LogP contribution is -2.52. The van der Waals surface area contributed by atoms with Gasteiger partial charge in [-0.1, -0.05) is 54.6 Å². The van der Waals surface area contributed by atoms with Crippen LogP contribution in [0.4, 0.5) is 5.69 Å². The quantitative estimate of drug-likeness (QED) is 0.332. The van der Waals surface area contributed by atoms with Crippen molar-refractivity contribution >= 4 is 19.4 Å². The Bertz CT molecular complexity index is 1110. The first-order valence-electron chi connectivity index (χ1n) is 10.3. The minimum atomic E-state index is -4.72. The number of phosphoric ester groups is 1. The maximum absolute atomic E-state index is 12.3. The molecule has 0 saturated carbocycles. The molecule has 1 amide bonds. The van der Waals surface area contributed by atoms with Crippen molar-refractivity contribution in [2.75, 3.05) is 18.5 Å². The van der Waals surface area contributed by atoms with Gasteiger partial charge in [-0.15, -0.1) is 0 Å². The average molecular weight is 470 g/mol. The van der Waals surface area contributed by atoms with Crippen LogP contribution in [0.15, 0.2) is 78.9 Å². The van der Waals surface area contributed by atoms with Gasteiger partial charge in [-0.3, -0.25) is 9.32 Å². The van der Waals surface area contributed by atoms with E-state index >= 15 is 0 Å². The van der Waals surface area contributed by atoms with Crippen molar-refractivity contribution in [3.05, 3.63) is 84.4 Å². The highest BCUT2D eigenvalue weighted by Crippen LogP contribution is 2.36. The predicted molar refractivity (Wildman–Crippen MR) is 127 cm³/mol. The van der Waals surface area contributed by atoms with Crippen molar-refractivity contribution in [1.29, 1.82) is 0 Å². The topological polar surface area (TPSA) is 131 Å². The van der Waals surface area contributed by atoms with E-state index in [1.54, 1.807) is 24.3 Å². The molecule has 8 nitrogen and oxygen atoms in total. The number of amides is 1. The fourth-order valence-corrected chi connectivity index (χ4v) is 3.45. The molecule has 0 aromatic heterocycles. The van der Waals surface area contributed by atoms with E-state index in [9.17, 15) is 9.36 Å². The number of hydrogen-bond donors (Lipinski definition) is 4. The Kier molecular flexibility index (Phi) is 8.02. The van der Waals surface area contributed by atoms with Gasteiger partial charge in [0.1, 0.15) is 11.3 Å². The molecule has 1 atom stereocenters. The number of nitrogens with two attached hydrogens (primary N) is 1. The Morgan fingerprint density at radius 1 is 1.00 bits per heavy atom. The second-order valence-corrected chi connectivity index (χ2v) is 9.06. The van der Waals surface area contributed by atoms with Gasteiger partial charge in [0.25, 0.3) is 0 Å². The van der Waals surface area contributed by atoms with E-state index in [1.165, 1.54) is 18.1 Å². The number of carbonyl (C=O) groups excluding carboxylic acids is 1. The first-order chi connectivity index (χ1) is 15.6. The number of ether oxygens (including phenoxy) is 1. The van der Waals surface area contributed by atoms with Crippen LogP contribution in [-0.4, -0.2) is 34.4 Å². The SMILES string of the molecule is CC(N)(COP(=O)(O)O)C(=O)Nc1ccc(OCCc2cccc(-c3ccccc3)c2)cc1. The number of hydrogen-bond acceptors (Lipinski definition) is 5. The summed E-state index contributed by atoms with van der Waals surface area (Å²) in [7, 11) is -4.72. The lowest BCUT2D eigenvalue weighted by molar-refractivity contribution is -0.121. The van der Waals surface area contributed by atoms with Crippen molar-refractivity contribution in [3.8, 4) is 16.9 Å². The molecule has 3 rings (SSSR count). The molecule has 0 spiro atoms. The highest BCUT2D eigenvalue weighted by molar-refractivity contribution is 7.46. The molecule has 3 aromatic rings. The standard InChI is InChI=1S/C24H27N2O6P/c1-24(25,17-32-33(28,29)30)23(27)26-21-10-12-22(13-11-21)31-15-14-18-6-5-9-20(16-18)19-7-3-2-4-8-19/h2-13,16H,14-15,17,25H2,1H3,(H,26,27)(H2,28,29,30). The molecule has 33 heavy (non-hydrogen) atoms. The van der Waals surface area contributed by atoms with Crippen molar-refractivity contribution < 1.29 is 28.4 Å². The zero-order chi connectivity index (χ0) is 23.9. The largest absolute Gasteiger partial charge is 0.493 e. The summed E-state index contributed by atoms with van der Waals surface area (Å²) in [6, 6.07) is 25.3. The van der Waals surface area contributed by atoms with E-state index in [0.29, 0.717) is 18.0 Å².